The molecular formula is C27H29ClFN3O3S. The fourth-order valence-electron chi connectivity index (χ4n) is 4.28. The molecule has 1 heterocycles. The Balaban J connectivity index is 1.47. The number of nitrogens with one attached hydrogen (secondary N) is 1. The lowest BCUT2D eigenvalue weighted by Crippen LogP contribution is -2.40. The maximum absolute atomic E-state index is 13.8. The van der Waals surface area contributed by atoms with Crippen LogP contribution in [0.4, 0.5) is 10.1 Å². The molecule has 0 aliphatic carbocycles. The Bertz CT molecular complexity index is 1300. The fraction of sp³-hybridized carbons (Fsp3) is 0.296. The van der Waals surface area contributed by atoms with Crippen LogP contribution in [0.2, 0.25) is 5.02 Å². The zero-order chi connectivity index (χ0) is 25.5. The molecule has 1 fully saturated rings. The number of nitrogens with zero attached hydrogens (tertiary/aromatic N) is 2. The summed E-state index contributed by atoms with van der Waals surface area (Å²) in [5, 5.41) is 2.58. The largest absolute Gasteiger partial charge is 0.350 e. The predicted molar refractivity (Wildman–Crippen MR) is 140 cm³/mol. The molecule has 0 spiro atoms. The predicted octanol–water partition coefficient (Wildman–Crippen LogP) is 4.98. The van der Waals surface area contributed by atoms with Crippen LogP contribution in [0.1, 0.15) is 30.4 Å². The molecule has 6 nitrogen and oxygen atoms in total. The van der Waals surface area contributed by atoms with E-state index in [0.717, 1.165) is 35.6 Å². The molecule has 3 aromatic carbocycles. The summed E-state index contributed by atoms with van der Waals surface area (Å²) in [6.07, 6.45) is 3.72. The summed E-state index contributed by atoms with van der Waals surface area (Å²) in [6.45, 7) is 2.85. The standard InChI is InChI=1S/C27H29ClFN3O3S/c28-25-17-23(12-13-26(25)29)32(36(34,35)24-10-3-1-4-11-24)20-27(33)30-18-21-8-7-9-22(16-21)19-31-14-5-2-6-15-31/h1,3-4,7-13,16-17H,2,5-6,14-15,18-20H2,(H,30,33). The smallest absolute Gasteiger partial charge is 0.264 e. The van der Waals surface area contributed by atoms with Crippen molar-refractivity contribution in [2.24, 2.45) is 0 Å². The molecule has 1 aliphatic heterocycles. The highest BCUT2D eigenvalue weighted by atomic mass is 35.5. The quantitative estimate of drug-likeness (QED) is 0.424. The van der Waals surface area contributed by atoms with E-state index in [9.17, 15) is 17.6 Å². The highest BCUT2D eigenvalue weighted by molar-refractivity contribution is 7.92. The van der Waals surface area contributed by atoms with Crippen molar-refractivity contribution in [3.05, 3.63) is 94.8 Å². The molecule has 0 bridgehead atoms. The van der Waals surface area contributed by atoms with Gasteiger partial charge in [0.25, 0.3) is 10.0 Å². The molecule has 0 radical (unpaired) electrons. The summed E-state index contributed by atoms with van der Waals surface area (Å²) in [4.78, 5) is 15.3. The average Bonchev–Trinajstić information content (AvgIpc) is 2.89. The Morgan fingerprint density at radius 1 is 0.944 bits per heavy atom. The van der Waals surface area contributed by atoms with Crippen LogP contribution in [0.15, 0.2) is 77.7 Å². The Labute approximate surface area is 216 Å². The minimum absolute atomic E-state index is 0.0173. The normalized spacial score (nSPS) is 14.4. The van der Waals surface area contributed by atoms with Gasteiger partial charge in [-0.3, -0.25) is 14.0 Å². The SMILES string of the molecule is O=C(CN(c1ccc(F)c(Cl)c1)S(=O)(=O)c1ccccc1)NCc1cccc(CN2CCCCC2)c1. The van der Waals surface area contributed by atoms with E-state index in [1.165, 1.54) is 49.1 Å². The third kappa shape index (κ3) is 6.63. The molecule has 4 rings (SSSR count). The number of carbonyl (C=O) groups is 1. The molecule has 1 aliphatic rings. The van der Waals surface area contributed by atoms with Crippen LogP contribution < -0.4 is 9.62 Å². The molecule has 9 heteroatoms. The Morgan fingerprint density at radius 3 is 2.39 bits per heavy atom. The molecule has 1 amide bonds. The molecule has 36 heavy (non-hydrogen) atoms. The maximum atomic E-state index is 13.8. The Hall–Kier alpha value is -2.94. The monoisotopic (exact) mass is 529 g/mol. The molecule has 1 saturated heterocycles. The zero-order valence-electron chi connectivity index (χ0n) is 19.9. The van der Waals surface area contributed by atoms with Crippen LogP contribution in [0.5, 0.6) is 0 Å². The van der Waals surface area contributed by atoms with E-state index in [2.05, 4.69) is 22.3 Å². The van der Waals surface area contributed by atoms with E-state index >= 15 is 0 Å². The number of rotatable bonds is 9. The number of likely N-dealkylation sites (tertiary alicyclic amines) is 1. The van der Waals surface area contributed by atoms with Gasteiger partial charge in [-0.15, -0.1) is 0 Å². The van der Waals surface area contributed by atoms with Crippen molar-refractivity contribution >= 4 is 33.2 Å². The van der Waals surface area contributed by atoms with E-state index in [-0.39, 0.29) is 22.2 Å². The van der Waals surface area contributed by atoms with Crippen molar-refractivity contribution in [1.29, 1.82) is 0 Å². The van der Waals surface area contributed by atoms with Gasteiger partial charge in [-0.05, 0) is 67.4 Å². The number of piperidine rings is 1. The van der Waals surface area contributed by atoms with Gasteiger partial charge in [-0.25, -0.2) is 12.8 Å². The van der Waals surface area contributed by atoms with Gasteiger partial charge in [0.2, 0.25) is 5.91 Å². The first-order chi connectivity index (χ1) is 17.3. The van der Waals surface area contributed by atoms with Crippen molar-refractivity contribution in [1.82, 2.24) is 10.2 Å². The zero-order valence-corrected chi connectivity index (χ0v) is 21.4. The van der Waals surface area contributed by atoms with Gasteiger partial charge >= 0.3 is 0 Å². The van der Waals surface area contributed by atoms with Crippen LogP contribution >= 0.6 is 11.6 Å². The van der Waals surface area contributed by atoms with Crippen molar-refractivity contribution in [2.75, 3.05) is 23.9 Å². The highest BCUT2D eigenvalue weighted by Gasteiger charge is 2.27. The topological polar surface area (TPSA) is 69.7 Å². The van der Waals surface area contributed by atoms with Gasteiger partial charge in [-0.2, -0.15) is 0 Å². The van der Waals surface area contributed by atoms with Gasteiger partial charge in [0, 0.05) is 13.1 Å². The summed E-state index contributed by atoms with van der Waals surface area (Å²) in [5.41, 5.74) is 2.21. The summed E-state index contributed by atoms with van der Waals surface area (Å²) in [5.74, 6) is -1.16. The van der Waals surface area contributed by atoms with E-state index < -0.39 is 28.3 Å². The van der Waals surface area contributed by atoms with Gasteiger partial charge in [0.05, 0.1) is 15.6 Å². The van der Waals surface area contributed by atoms with Crippen LogP contribution in [0.3, 0.4) is 0 Å². The third-order valence-electron chi connectivity index (χ3n) is 6.15. The molecule has 0 aromatic heterocycles. The first-order valence-corrected chi connectivity index (χ1v) is 13.7. The number of sulfonamides is 1. The van der Waals surface area contributed by atoms with Crippen LogP contribution in [-0.4, -0.2) is 38.9 Å². The van der Waals surface area contributed by atoms with E-state index in [4.69, 9.17) is 11.6 Å². The minimum Gasteiger partial charge on any atom is -0.350 e. The summed E-state index contributed by atoms with van der Waals surface area (Å²) in [7, 11) is -4.10. The molecule has 0 atom stereocenters. The molecular weight excluding hydrogens is 501 g/mol. The lowest BCUT2D eigenvalue weighted by molar-refractivity contribution is -0.119. The second-order valence-corrected chi connectivity index (χ2v) is 11.1. The Kier molecular flexibility index (Phi) is 8.61. The number of benzene rings is 3. The van der Waals surface area contributed by atoms with E-state index in [0.29, 0.717) is 0 Å². The number of carbonyl (C=O) groups excluding carboxylic acids is 1. The lowest BCUT2D eigenvalue weighted by atomic mass is 10.1. The number of amides is 1. The first-order valence-electron chi connectivity index (χ1n) is 11.9. The van der Waals surface area contributed by atoms with Crippen molar-refractivity contribution < 1.29 is 17.6 Å². The molecule has 190 valence electrons. The van der Waals surface area contributed by atoms with Crippen molar-refractivity contribution in [3.8, 4) is 0 Å². The number of hydrogen-bond donors (Lipinski definition) is 1. The molecule has 1 N–H and O–H groups in total. The van der Waals surface area contributed by atoms with Crippen LogP contribution in [-0.2, 0) is 27.9 Å². The molecule has 3 aromatic rings. The van der Waals surface area contributed by atoms with Crippen LogP contribution in [0.25, 0.3) is 0 Å². The van der Waals surface area contributed by atoms with Gasteiger partial charge in [-0.1, -0.05) is 60.5 Å². The van der Waals surface area contributed by atoms with Crippen molar-refractivity contribution in [2.45, 2.75) is 37.2 Å². The number of hydrogen-bond acceptors (Lipinski definition) is 4. The van der Waals surface area contributed by atoms with Gasteiger partial charge in [0.15, 0.2) is 0 Å². The second kappa shape index (κ2) is 11.9. The summed E-state index contributed by atoms with van der Waals surface area (Å²) >= 11 is 5.92. The van der Waals surface area contributed by atoms with Gasteiger partial charge in [0.1, 0.15) is 12.4 Å². The Morgan fingerprint density at radius 2 is 1.67 bits per heavy atom. The minimum atomic E-state index is -4.10. The number of anilines is 1. The summed E-state index contributed by atoms with van der Waals surface area (Å²) in [6, 6.07) is 19.4. The van der Waals surface area contributed by atoms with E-state index in [1.807, 2.05) is 12.1 Å². The lowest BCUT2D eigenvalue weighted by Gasteiger charge is -2.26. The van der Waals surface area contributed by atoms with Crippen molar-refractivity contribution in [3.63, 3.8) is 0 Å². The van der Waals surface area contributed by atoms with E-state index in [1.54, 1.807) is 18.2 Å². The second-order valence-electron chi connectivity index (χ2n) is 8.86. The maximum Gasteiger partial charge on any atom is 0.264 e. The molecule has 0 unspecified atom stereocenters. The highest BCUT2D eigenvalue weighted by Crippen LogP contribution is 2.27. The fourth-order valence-corrected chi connectivity index (χ4v) is 5.88. The number of halogens is 2. The third-order valence-corrected chi connectivity index (χ3v) is 8.22. The summed E-state index contributed by atoms with van der Waals surface area (Å²) < 4.78 is 41.4. The average molecular weight is 530 g/mol. The molecule has 0 saturated carbocycles. The van der Waals surface area contributed by atoms with Crippen LogP contribution in [0, 0.1) is 5.82 Å². The first kappa shape index (κ1) is 26.1. The van der Waals surface area contributed by atoms with Gasteiger partial charge < -0.3 is 5.32 Å².